The summed E-state index contributed by atoms with van der Waals surface area (Å²) in [5, 5.41) is 0. The van der Waals surface area contributed by atoms with Crippen LogP contribution < -0.4 is 4.74 Å². The fourth-order valence-corrected chi connectivity index (χ4v) is 1.25. The Hall–Kier alpha value is -1.90. The first-order valence-electron chi connectivity index (χ1n) is 4.23. The molecule has 3 nitrogen and oxygen atoms in total. The van der Waals surface area contributed by atoms with Crippen LogP contribution in [0.1, 0.15) is 0 Å². The van der Waals surface area contributed by atoms with Crippen molar-refractivity contribution in [3.8, 4) is 17.0 Å². The van der Waals surface area contributed by atoms with E-state index >= 15 is 0 Å². The molecule has 0 unspecified atom stereocenters. The maximum Gasteiger partial charge on any atom is 0.128 e. The van der Waals surface area contributed by atoms with Crippen molar-refractivity contribution in [3.05, 3.63) is 42.9 Å². The highest BCUT2D eigenvalue weighted by molar-refractivity contribution is 5.65. The highest BCUT2D eigenvalue weighted by atomic mass is 16.5. The second-order valence-electron chi connectivity index (χ2n) is 2.73. The molecular weight excluding hydrogens is 176 g/mol. The summed E-state index contributed by atoms with van der Waals surface area (Å²) >= 11 is 0. The summed E-state index contributed by atoms with van der Waals surface area (Å²) in [6.07, 6.45) is 5.91. The van der Waals surface area contributed by atoms with Crippen LogP contribution in [-0.4, -0.2) is 17.1 Å². The van der Waals surface area contributed by atoms with E-state index in [2.05, 4.69) is 16.2 Å². The monoisotopic (exact) mass is 185 g/mol. The molecule has 1 heterocycles. The van der Waals surface area contributed by atoms with E-state index in [4.69, 9.17) is 4.74 Å². The summed E-state index contributed by atoms with van der Waals surface area (Å²) in [6, 6.07) is 7.69. The van der Waals surface area contributed by atoms with Crippen LogP contribution in [0.25, 0.3) is 11.3 Å². The van der Waals surface area contributed by atoms with Crippen LogP contribution in [0.5, 0.6) is 5.75 Å². The number of hydrogen-bond donors (Lipinski definition) is 0. The predicted octanol–water partition coefficient (Wildman–Crippen LogP) is 1.95. The molecule has 0 atom stereocenters. The zero-order valence-corrected chi connectivity index (χ0v) is 7.77. The molecular formula is C11H9N2O. The van der Waals surface area contributed by atoms with Crippen LogP contribution in [-0.2, 0) is 0 Å². The van der Waals surface area contributed by atoms with Gasteiger partial charge in [0.05, 0.1) is 25.2 Å². The molecule has 69 valence electrons. The lowest BCUT2D eigenvalue weighted by atomic mass is 10.1. The standard InChI is InChI=1S/C11H9N2O/c1-14-11-5-3-2-4-9(11)10-8-12-6-7-13-10/h2-6,8H,1H3. The Morgan fingerprint density at radius 3 is 2.86 bits per heavy atom. The molecule has 0 N–H and O–H groups in total. The highest BCUT2D eigenvalue weighted by Crippen LogP contribution is 2.26. The summed E-state index contributed by atoms with van der Waals surface area (Å²) in [4.78, 5) is 8.05. The number of nitrogens with zero attached hydrogens (tertiary/aromatic N) is 2. The van der Waals surface area contributed by atoms with Crippen molar-refractivity contribution in [3.63, 3.8) is 0 Å². The van der Waals surface area contributed by atoms with Gasteiger partial charge in [0, 0.05) is 5.56 Å². The number of methoxy groups -OCH3 is 1. The van der Waals surface area contributed by atoms with Gasteiger partial charge in [-0.1, -0.05) is 12.1 Å². The van der Waals surface area contributed by atoms with Gasteiger partial charge in [0.1, 0.15) is 11.9 Å². The molecule has 14 heavy (non-hydrogen) atoms. The van der Waals surface area contributed by atoms with Gasteiger partial charge in [-0.3, -0.25) is 4.98 Å². The lowest BCUT2D eigenvalue weighted by Gasteiger charge is -2.05. The number of rotatable bonds is 2. The molecule has 3 heteroatoms. The van der Waals surface area contributed by atoms with Gasteiger partial charge < -0.3 is 4.74 Å². The van der Waals surface area contributed by atoms with Gasteiger partial charge in [0.15, 0.2) is 0 Å². The number of hydrogen-bond acceptors (Lipinski definition) is 3. The Kier molecular flexibility index (Phi) is 2.40. The summed E-state index contributed by atoms with van der Waals surface area (Å²) < 4.78 is 5.22. The van der Waals surface area contributed by atoms with Crippen LogP contribution in [0, 0.1) is 6.20 Å². The van der Waals surface area contributed by atoms with Gasteiger partial charge >= 0.3 is 0 Å². The Morgan fingerprint density at radius 1 is 1.29 bits per heavy atom. The molecule has 1 aromatic heterocycles. The molecule has 0 saturated carbocycles. The third-order valence-electron chi connectivity index (χ3n) is 1.90. The van der Waals surface area contributed by atoms with Crippen molar-refractivity contribution in [1.29, 1.82) is 0 Å². The average molecular weight is 185 g/mol. The van der Waals surface area contributed by atoms with Crippen LogP contribution in [0.2, 0.25) is 0 Å². The molecule has 0 amide bonds. The Balaban J connectivity index is 2.51. The van der Waals surface area contributed by atoms with Gasteiger partial charge in [-0.05, 0) is 12.1 Å². The van der Waals surface area contributed by atoms with Crippen molar-refractivity contribution in [2.45, 2.75) is 0 Å². The minimum atomic E-state index is 0.768. The third kappa shape index (κ3) is 1.57. The van der Waals surface area contributed by atoms with Crippen LogP contribution in [0.4, 0.5) is 0 Å². The van der Waals surface area contributed by atoms with E-state index in [0.29, 0.717) is 0 Å². The molecule has 0 aliphatic heterocycles. The van der Waals surface area contributed by atoms with Crippen molar-refractivity contribution in [1.82, 2.24) is 9.97 Å². The summed E-state index contributed by atoms with van der Waals surface area (Å²) in [6.45, 7) is 0. The molecule has 0 aliphatic rings. The van der Waals surface area contributed by atoms with Crippen molar-refractivity contribution < 1.29 is 4.74 Å². The van der Waals surface area contributed by atoms with Gasteiger partial charge in [0.2, 0.25) is 0 Å². The topological polar surface area (TPSA) is 35.0 Å². The number of aromatic nitrogens is 2. The maximum absolute atomic E-state index is 5.22. The van der Waals surface area contributed by atoms with E-state index in [1.165, 1.54) is 6.20 Å². The minimum Gasteiger partial charge on any atom is -0.496 e. The lowest BCUT2D eigenvalue weighted by Crippen LogP contribution is -1.89. The van der Waals surface area contributed by atoms with E-state index in [1.807, 2.05) is 24.3 Å². The molecule has 2 rings (SSSR count). The second-order valence-corrected chi connectivity index (χ2v) is 2.73. The van der Waals surface area contributed by atoms with Crippen molar-refractivity contribution >= 4 is 0 Å². The molecule has 0 aliphatic carbocycles. The van der Waals surface area contributed by atoms with Gasteiger partial charge in [-0.15, -0.1) is 0 Å². The maximum atomic E-state index is 5.22. The van der Waals surface area contributed by atoms with Crippen molar-refractivity contribution in [2.75, 3.05) is 7.11 Å². The first-order valence-corrected chi connectivity index (χ1v) is 4.23. The molecule has 0 spiro atoms. The first kappa shape index (κ1) is 8.69. The van der Waals surface area contributed by atoms with E-state index in [1.54, 1.807) is 13.3 Å². The lowest BCUT2D eigenvalue weighted by molar-refractivity contribution is 0.416. The van der Waals surface area contributed by atoms with Gasteiger partial charge in [-0.2, -0.15) is 0 Å². The van der Waals surface area contributed by atoms with Crippen LogP contribution in [0.15, 0.2) is 36.7 Å². The minimum absolute atomic E-state index is 0.768. The molecule has 0 fully saturated rings. The molecule has 0 saturated heterocycles. The van der Waals surface area contributed by atoms with Gasteiger partial charge in [0.25, 0.3) is 0 Å². The summed E-state index contributed by atoms with van der Waals surface area (Å²) in [7, 11) is 1.64. The third-order valence-corrected chi connectivity index (χ3v) is 1.90. The predicted molar refractivity (Wildman–Crippen MR) is 52.9 cm³/mol. The van der Waals surface area contributed by atoms with Crippen LogP contribution in [0.3, 0.4) is 0 Å². The smallest absolute Gasteiger partial charge is 0.128 e. The first-order chi connectivity index (χ1) is 6.92. The van der Waals surface area contributed by atoms with Crippen LogP contribution >= 0.6 is 0 Å². The fraction of sp³-hybridized carbons (Fsp3) is 0.0909. The van der Waals surface area contributed by atoms with E-state index < -0.39 is 0 Å². The van der Waals surface area contributed by atoms with E-state index in [0.717, 1.165) is 17.0 Å². The zero-order chi connectivity index (χ0) is 9.80. The fourth-order valence-electron chi connectivity index (χ4n) is 1.25. The Bertz CT molecular complexity index is 415. The molecule has 1 radical (unpaired) electrons. The SMILES string of the molecule is COc1ccccc1-c1cnc[c]n1. The van der Waals surface area contributed by atoms with Gasteiger partial charge in [-0.25, -0.2) is 4.98 Å². The second kappa shape index (κ2) is 3.87. The largest absolute Gasteiger partial charge is 0.496 e. The zero-order valence-electron chi connectivity index (χ0n) is 7.77. The normalized spacial score (nSPS) is 9.79. The quantitative estimate of drug-likeness (QED) is 0.717. The Morgan fingerprint density at radius 2 is 2.14 bits per heavy atom. The molecule has 1 aromatic carbocycles. The van der Waals surface area contributed by atoms with Crippen molar-refractivity contribution in [2.24, 2.45) is 0 Å². The number of benzene rings is 1. The summed E-state index contributed by atoms with van der Waals surface area (Å²) in [5.74, 6) is 0.793. The average Bonchev–Trinajstić information content (AvgIpc) is 2.30. The molecule has 2 aromatic rings. The number of ether oxygens (including phenoxy) is 1. The molecule has 0 bridgehead atoms. The summed E-state index contributed by atoms with van der Waals surface area (Å²) in [5.41, 5.74) is 1.70. The number of para-hydroxylation sites is 1. The highest BCUT2D eigenvalue weighted by Gasteiger charge is 2.04. The van der Waals surface area contributed by atoms with E-state index in [-0.39, 0.29) is 0 Å². The Labute approximate surface area is 82.4 Å². The van der Waals surface area contributed by atoms with E-state index in [9.17, 15) is 0 Å².